The van der Waals surface area contributed by atoms with E-state index < -0.39 is 0 Å². The van der Waals surface area contributed by atoms with Crippen molar-refractivity contribution in [1.82, 2.24) is 9.97 Å². The summed E-state index contributed by atoms with van der Waals surface area (Å²) in [5.41, 5.74) is 2.16. The molecule has 4 saturated carbocycles. The number of carbonyl (C=O) groups excluding carboxylic acids is 1. The van der Waals surface area contributed by atoms with Crippen LogP contribution < -0.4 is 0 Å². The summed E-state index contributed by atoms with van der Waals surface area (Å²) in [6.07, 6.45) is 7.67. The Balaban J connectivity index is 1.45. The van der Waals surface area contributed by atoms with Gasteiger partial charge < -0.3 is 0 Å². The Labute approximate surface area is 146 Å². The summed E-state index contributed by atoms with van der Waals surface area (Å²) in [6, 6.07) is 7.69. The third kappa shape index (κ3) is 2.28. The maximum Gasteiger partial charge on any atom is 0.151 e. The maximum absolute atomic E-state index is 13.2. The van der Waals surface area contributed by atoms with Gasteiger partial charge >= 0.3 is 0 Å². The number of aromatic nitrogens is 2. The minimum absolute atomic E-state index is 0.0919. The van der Waals surface area contributed by atoms with Gasteiger partial charge in [-0.1, -0.05) is 23.7 Å². The lowest BCUT2D eigenvalue weighted by Gasteiger charge is -2.56. The monoisotopic (exact) mass is 340 g/mol. The molecule has 0 saturated heterocycles. The number of para-hydroxylation sites is 2. The van der Waals surface area contributed by atoms with Gasteiger partial charge in [0, 0.05) is 5.41 Å². The van der Waals surface area contributed by atoms with Crippen LogP contribution in [0.2, 0.25) is 5.15 Å². The van der Waals surface area contributed by atoms with E-state index in [2.05, 4.69) is 9.97 Å². The summed E-state index contributed by atoms with van der Waals surface area (Å²) in [7, 11) is 0. The molecule has 24 heavy (non-hydrogen) atoms. The molecule has 4 aliphatic carbocycles. The van der Waals surface area contributed by atoms with Gasteiger partial charge in [-0.05, 0) is 68.4 Å². The van der Waals surface area contributed by atoms with Crippen molar-refractivity contribution in [2.45, 2.75) is 44.9 Å². The Kier molecular flexibility index (Phi) is 3.25. The number of rotatable bonds is 3. The van der Waals surface area contributed by atoms with Crippen molar-refractivity contribution in [3.8, 4) is 0 Å². The standard InChI is InChI=1S/C20H21ClN2O/c21-19-17(22-15-3-1-2-4-16(15)23-19)8-18(24)20-9-12-5-13(10-20)7-14(6-12)11-20/h1-4,12-14H,5-11H2. The van der Waals surface area contributed by atoms with E-state index in [0.717, 1.165) is 48.0 Å². The zero-order valence-electron chi connectivity index (χ0n) is 13.7. The first-order valence-electron chi connectivity index (χ1n) is 9.06. The van der Waals surface area contributed by atoms with Crippen LogP contribution in [0, 0.1) is 23.2 Å². The van der Waals surface area contributed by atoms with E-state index in [1.165, 1.54) is 19.3 Å². The van der Waals surface area contributed by atoms with Crippen molar-refractivity contribution < 1.29 is 4.79 Å². The van der Waals surface area contributed by atoms with E-state index in [-0.39, 0.29) is 5.41 Å². The van der Waals surface area contributed by atoms with Crippen molar-refractivity contribution >= 4 is 28.4 Å². The van der Waals surface area contributed by atoms with Gasteiger partial charge in [-0.15, -0.1) is 0 Å². The third-order valence-electron chi connectivity index (χ3n) is 6.55. The van der Waals surface area contributed by atoms with Gasteiger partial charge in [-0.25, -0.2) is 9.97 Å². The molecular weight excluding hydrogens is 320 g/mol. The Morgan fingerprint density at radius 2 is 1.54 bits per heavy atom. The van der Waals surface area contributed by atoms with Gasteiger partial charge in [0.25, 0.3) is 0 Å². The first-order chi connectivity index (χ1) is 11.6. The molecular formula is C20H21ClN2O. The van der Waals surface area contributed by atoms with Crippen molar-refractivity contribution in [3.63, 3.8) is 0 Å². The predicted octanol–water partition coefficient (Wildman–Crippen LogP) is 4.61. The molecule has 3 nitrogen and oxygen atoms in total. The van der Waals surface area contributed by atoms with E-state index in [1.54, 1.807) is 0 Å². The summed E-state index contributed by atoms with van der Waals surface area (Å²) in [5, 5.41) is 0.381. The molecule has 0 amide bonds. The fourth-order valence-corrected chi connectivity index (χ4v) is 6.12. The van der Waals surface area contributed by atoms with Crippen LogP contribution in [-0.4, -0.2) is 15.8 Å². The van der Waals surface area contributed by atoms with Crippen molar-refractivity contribution in [2.75, 3.05) is 0 Å². The lowest BCUT2D eigenvalue weighted by Crippen LogP contribution is -2.50. The Hall–Kier alpha value is -1.48. The number of ketones is 1. The molecule has 0 radical (unpaired) electrons. The molecule has 4 fully saturated rings. The summed E-state index contributed by atoms with van der Waals surface area (Å²) in [6.45, 7) is 0. The predicted molar refractivity (Wildman–Crippen MR) is 93.9 cm³/mol. The quantitative estimate of drug-likeness (QED) is 0.819. The Morgan fingerprint density at radius 1 is 1.00 bits per heavy atom. The van der Waals surface area contributed by atoms with Crippen molar-refractivity contribution in [3.05, 3.63) is 35.1 Å². The molecule has 1 aromatic carbocycles. The number of carbonyl (C=O) groups is 1. The molecule has 4 bridgehead atoms. The number of fused-ring (bicyclic) bond motifs is 1. The lowest BCUT2D eigenvalue weighted by molar-refractivity contribution is -0.143. The van der Waals surface area contributed by atoms with E-state index in [9.17, 15) is 4.79 Å². The average molecular weight is 341 g/mol. The largest absolute Gasteiger partial charge is 0.299 e. The van der Waals surface area contributed by atoms with Gasteiger partial charge in [0.1, 0.15) is 5.78 Å². The topological polar surface area (TPSA) is 42.9 Å². The molecule has 0 N–H and O–H groups in total. The third-order valence-corrected chi connectivity index (χ3v) is 6.85. The highest BCUT2D eigenvalue weighted by atomic mass is 35.5. The summed E-state index contributed by atoms with van der Waals surface area (Å²) < 4.78 is 0. The molecule has 0 atom stereocenters. The zero-order valence-corrected chi connectivity index (χ0v) is 14.4. The van der Waals surface area contributed by atoms with Crippen LogP contribution in [0.4, 0.5) is 0 Å². The molecule has 4 heteroatoms. The lowest BCUT2D eigenvalue weighted by atomic mass is 9.48. The van der Waals surface area contributed by atoms with Gasteiger partial charge in [-0.2, -0.15) is 0 Å². The van der Waals surface area contributed by atoms with E-state index in [4.69, 9.17) is 11.6 Å². The van der Waals surface area contributed by atoms with Crippen molar-refractivity contribution in [1.29, 1.82) is 0 Å². The summed E-state index contributed by atoms with van der Waals surface area (Å²) in [5.74, 6) is 2.68. The molecule has 0 spiro atoms. The number of benzene rings is 1. The van der Waals surface area contributed by atoms with Crippen LogP contribution in [0.3, 0.4) is 0 Å². The van der Waals surface area contributed by atoms with Crippen LogP contribution in [0.15, 0.2) is 24.3 Å². The van der Waals surface area contributed by atoms with Crippen molar-refractivity contribution in [2.24, 2.45) is 23.2 Å². The highest BCUT2D eigenvalue weighted by Gasteiger charge is 2.54. The number of nitrogens with zero attached hydrogens (tertiary/aromatic N) is 2. The number of hydrogen-bond donors (Lipinski definition) is 0. The number of Topliss-reactive ketones (excluding diaryl/α,β-unsaturated/α-hetero) is 1. The fourth-order valence-electron chi connectivity index (χ4n) is 5.92. The van der Waals surface area contributed by atoms with Crippen LogP contribution in [0.1, 0.15) is 44.2 Å². The Bertz CT molecular complexity index is 796. The minimum Gasteiger partial charge on any atom is -0.299 e. The molecule has 0 aliphatic heterocycles. The number of halogens is 1. The minimum atomic E-state index is -0.0919. The molecule has 6 rings (SSSR count). The van der Waals surface area contributed by atoms with Crippen LogP contribution in [-0.2, 0) is 11.2 Å². The van der Waals surface area contributed by atoms with Crippen LogP contribution >= 0.6 is 11.6 Å². The zero-order chi connectivity index (χ0) is 16.3. The van der Waals surface area contributed by atoms with E-state index in [1.807, 2.05) is 24.3 Å². The average Bonchev–Trinajstić information content (AvgIpc) is 2.54. The van der Waals surface area contributed by atoms with Crippen LogP contribution in [0.5, 0.6) is 0 Å². The summed E-state index contributed by atoms with van der Waals surface area (Å²) >= 11 is 6.33. The molecule has 2 aromatic rings. The molecule has 124 valence electrons. The second kappa shape index (κ2) is 5.26. The SMILES string of the molecule is O=C(Cc1nc2ccccc2nc1Cl)C12CC3CC(CC(C3)C1)C2. The smallest absolute Gasteiger partial charge is 0.151 e. The fraction of sp³-hybridized carbons (Fsp3) is 0.550. The van der Waals surface area contributed by atoms with E-state index in [0.29, 0.717) is 23.1 Å². The van der Waals surface area contributed by atoms with Crippen LogP contribution in [0.25, 0.3) is 11.0 Å². The number of hydrogen-bond acceptors (Lipinski definition) is 3. The maximum atomic E-state index is 13.2. The van der Waals surface area contributed by atoms with Gasteiger partial charge in [-0.3, -0.25) is 4.79 Å². The molecule has 1 aromatic heterocycles. The normalized spacial score (nSPS) is 34.0. The van der Waals surface area contributed by atoms with Gasteiger partial charge in [0.2, 0.25) is 0 Å². The second-order valence-corrected chi connectivity index (χ2v) is 8.61. The van der Waals surface area contributed by atoms with Gasteiger partial charge in [0.15, 0.2) is 5.15 Å². The van der Waals surface area contributed by atoms with E-state index >= 15 is 0 Å². The second-order valence-electron chi connectivity index (χ2n) is 8.25. The Morgan fingerprint density at radius 3 is 2.12 bits per heavy atom. The first-order valence-corrected chi connectivity index (χ1v) is 9.43. The summed E-state index contributed by atoms with van der Waals surface area (Å²) in [4.78, 5) is 22.3. The highest BCUT2D eigenvalue weighted by molar-refractivity contribution is 6.30. The molecule has 0 unspecified atom stereocenters. The highest BCUT2D eigenvalue weighted by Crippen LogP contribution is 2.60. The molecule has 1 heterocycles. The molecule has 4 aliphatic rings. The van der Waals surface area contributed by atoms with Gasteiger partial charge in [0.05, 0.1) is 23.1 Å². The first kappa shape index (κ1) is 14.8.